The molecule has 0 spiro atoms. The summed E-state index contributed by atoms with van der Waals surface area (Å²) < 4.78 is 0. The molecule has 3 rings (SSSR count). The molecule has 0 radical (unpaired) electrons. The van der Waals surface area contributed by atoms with Crippen molar-refractivity contribution in [3.63, 3.8) is 0 Å². The van der Waals surface area contributed by atoms with Gasteiger partial charge in [0.15, 0.2) is 0 Å². The third-order valence-electron chi connectivity index (χ3n) is 4.59. The highest BCUT2D eigenvalue weighted by molar-refractivity contribution is 5.80. The number of aromatic amines is 1. The summed E-state index contributed by atoms with van der Waals surface area (Å²) in [5, 5.41) is 6.63. The molecule has 140 valence electrons. The molecule has 0 saturated heterocycles. The number of urea groups is 1. The van der Waals surface area contributed by atoms with Crippen molar-refractivity contribution in [2.75, 3.05) is 6.54 Å². The van der Waals surface area contributed by atoms with Crippen LogP contribution in [0.5, 0.6) is 0 Å². The second-order valence-electron chi connectivity index (χ2n) is 6.97. The van der Waals surface area contributed by atoms with Crippen molar-refractivity contribution >= 4 is 16.9 Å². The number of carbonyl (C=O) groups excluding carboxylic acids is 1. The lowest BCUT2D eigenvalue weighted by atomic mass is 10.0. The van der Waals surface area contributed by atoms with Crippen LogP contribution < -0.4 is 16.2 Å². The fourth-order valence-corrected chi connectivity index (χ4v) is 2.97. The fraction of sp³-hybridized carbons (Fsp3) is 0.273. The van der Waals surface area contributed by atoms with Crippen molar-refractivity contribution in [1.82, 2.24) is 15.6 Å². The number of aromatic nitrogens is 1. The number of carbonyl (C=O) groups is 1. The van der Waals surface area contributed by atoms with Crippen LogP contribution in [-0.2, 0) is 13.0 Å². The molecular weight excluding hydrogens is 338 g/mol. The summed E-state index contributed by atoms with van der Waals surface area (Å²) in [5.41, 5.74) is 3.68. The first-order chi connectivity index (χ1) is 13.0. The molecule has 2 amide bonds. The van der Waals surface area contributed by atoms with Gasteiger partial charge in [-0.3, -0.25) is 4.79 Å². The zero-order valence-electron chi connectivity index (χ0n) is 15.7. The number of rotatable bonds is 6. The second-order valence-corrected chi connectivity index (χ2v) is 6.97. The van der Waals surface area contributed by atoms with Gasteiger partial charge in [-0.15, -0.1) is 0 Å². The Kier molecular flexibility index (Phi) is 5.91. The topological polar surface area (TPSA) is 74.0 Å². The molecule has 0 fully saturated rings. The molecule has 0 bridgehead atoms. The molecule has 1 aromatic heterocycles. The maximum absolute atomic E-state index is 12.3. The highest BCUT2D eigenvalue weighted by atomic mass is 16.2. The zero-order chi connectivity index (χ0) is 19.2. The van der Waals surface area contributed by atoms with E-state index in [1.807, 2.05) is 48.5 Å². The molecular formula is C22H25N3O2. The van der Waals surface area contributed by atoms with Crippen LogP contribution in [0.2, 0.25) is 0 Å². The van der Waals surface area contributed by atoms with Gasteiger partial charge in [0.25, 0.3) is 5.56 Å². The van der Waals surface area contributed by atoms with Crippen molar-refractivity contribution in [1.29, 1.82) is 0 Å². The Morgan fingerprint density at radius 2 is 1.81 bits per heavy atom. The number of fused-ring (bicyclic) bond motifs is 1. The standard InChI is InChI=1S/C22H25N3O2/c1-15(2)17-8-9-20-19(12-17)13-18(21(26)25-20)10-11-23-22(27)24-14-16-6-4-3-5-7-16/h3-9,12-13,15H,10-11,14H2,1-2H3,(H,25,26)(H2,23,24,27). The molecule has 0 unspecified atom stereocenters. The van der Waals surface area contributed by atoms with E-state index in [0.29, 0.717) is 31.0 Å². The summed E-state index contributed by atoms with van der Waals surface area (Å²) in [6, 6.07) is 17.5. The minimum Gasteiger partial charge on any atom is -0.338 e. The van der Waals surface area contributed by atoms with Crippen LogP contribution in [0.4, 0.5) is 4.79 Å². The minimum atomic E-state index is -0.238. The number of benzene rings is 2. The van der Waals surface area contributed by atoms with Crippen molar-refractivity contribution in [3.05, 3.63) is 81.6 Å². The Labute approximate surface area is 158 Å². The summed E-state index contributed by atoms with van der Waals surface area (Å²) >= 11 is 0. The van der Waals surface area contributed by atoms with Crippen LogP contribution in [0, 0.1) is 0 Å². The monoisotopic (exact) mass is 363 g/mol. The fourth-order valence-electron chi connectivity index (χ4n) is 2.97. The molecule has 0 aliphatic rings. The van der Waals surface area contributed by atoms with Gasteiger partial charge in [0.1, 0.15) is 0 Å². The van der Waals surface area contributed by atoms with E-state index in [2.05, 4.69) is 35.5 Å². The number of pyridine rings is 1. The molecule has 0 atom stereocenters. The predicted octanol–water partition coefficient (Wildman–Crippen LogP) is 3.69. The lowest BCUT2D eigenvalue weighted by Crippen LogP contribution is -2.36. The Hall–Kier alpha value is -3.08. The lowest BCUT2D eigenvalue weighted by molar-refractivity contribution is 0.240. The molecule has 27 heavy (non-hydrogen) atoms. The molecule has 0 aliphatic heterocycles. The summed E-state index contributed by atoms with van der Waals surface area (Å²) in [5.74, 6) is 0.430. The smallest absolute Gasteiger partial charge is 0.315 e. The number of amides is 2. The minimum absolute atomic E-state index is 0.105. The third kappa shape index (κ3) is 4.97. The van der Waals surface area contributed by atoms with Crippen LogP contribution in [0.25, 0.3) is 10.9 Å². The van der Waals surface area contributed by atoms with Gasteiger partial charge in [-0.25, -0.2) is 4.79 Å². The van der Waals surface area contributed by atoms with Crippen molar-refractivity contribution in [2.24, 2.45) is 0 Å². The first-order valence-electron chi connectivity index (χ1n) is 9.24. The number of H-pyrrole nitrogens is 1. The Bertz CT molecular complexity index is 978. The average molecular weight is 363 g/mol. The zero-order valence-corrected chi connectivity index (χ0v) is 15.7. The average Bonchev–Trinajstić information content (AvgIpc) is 2.67. The van der Waals surface area contributed by atoms with E-state index in [0.717, 1.165) is 16.5 Å². The van der Waals surface area contributed by atoms with Crippen molar-refractivity contribution in [2.45, 2.75) is 32.7 Å². The van der Waals surface area contributed by atoms with E-state index in [1.165, 1.54) is 5.56 Å². The normalized spacial score (nSPS) is 10.9. The quantitative estimate of drug-likeness (QED) is 0.625. The summed E-state index contributed by atoms with van der Waals surface area (Å²) in [7, 11) is 0. The lowest BCUT2D eigenvalue weighted by Gasteiger charge is -2.09. The van der Waals surface area contributed by atoms with Gasteiger partial charge >= 0.3 is 6.03 Å². The van der Waals surface area contributed by atoms with Gasteiger partial charge in [-0.1, -0.05) is 50.2 Å². The SMILES string of the molecule is CC(C)c1ccc2[nH]c(=O)c(CCNC(=O)NCc3ccccc3)cc2c1. The maximum atomic E-state index is 12.3. The van der Waals surface area contributed by atoms with E-state index >= 15 is 0 Å². The van der Waals surface area contributed by atoms with Gasteiger partial charge < -0.3 is 15.6 Å². The van der Waals surface area contributed by atoms with E-state index in [-0.39, 0.29) is 11.6 Å². The molecule has 0 saturated carbocycles. The van der Waals surface area contributed by atoms with E-state index < -0.39 is 0 Å². The molecule has 0 aliphatic carbocycles. The van der Waals surface area contributed by atoms with Crippen LogP contribution >= 0.6 is 0 Å². The van der Waals surface area contributed by atoms with Gasteiger partial charge in [0, 0.05) is 24.2 Å². The summed E-state index contributed by atoms with van der Waals surface area (Å²) in [4.78, 5) is 27.1. The van der Waals surface area contributed by atoms with Crippen LogP contribution in [-0.4, -0.2) is 17.6 Å². The highest BCUT2D eigenvalue weighted by Gasteiger charge is 2.07. The van der Waals surface area contributed by atoms with Gasteiger partial charge in [0.05, 0.1) is 0 Å². The Morgan fingerprint density at radius 1 is 1.04 bits per heavy atom. The molecule has 3 aromatic rings. The largest absolute Gasteiger partial charge is 0.338 e. The van der Waals surface area contributed by atoms with E-state index in [1.54, 1.807) is 0 Å². The first-order valence-corrected chi connectivity index (χ1v) is 9.24. The van der Waals surface area contributed by atoms with Crippen LogP contribution in [0.3, 0.4) is 0 Å². The van der Waals surface area contributed by atoms with E-state index in [4.69, 9.17) is 0 Å². The van der Waals surface area contributed by atoms with Gasteiger partial charge in [-0.05, 0) is 47.1 Å². The Balaban J connectivity index is 1.58. The summed E-state index contributed by atoms with van der Waals surface area (Å²) in [6.07, 6.45) is 0.482. The number of nitrogens with one attached hydrogen (secondary N) is 3. The third-order valence-corrected chi connectivity index (χ3v) is 4.59. The van der Waals surface area contributed by atoms with Gasteiger partial charge in [-0.2, -0.15) is 0 Å². The molecule has 3 N–H and O–H groups in total. The molecule has 5 nitrogen and oxygen atoms in total. The van der Waals surface area contributed by atoms with Crippen LogP contribution in [0.1, 0.15) is 36.5 Å². The number of hydrogen-bond acceptors (Lipinski definition) is 2. The number of hydrogen-bond donors (Lipinski definition) is 3. The maximum Gasteiger partial charge on any atom is 0.315 e. The van der Waals surface area contributed by atoms with E-state index in [9.17, 15) is 9.59 Å². The van der Waals surface area contributed by atoms with Crippen molar-refractivity contribution in [3.8, 4) is 0 Å². The Morgan fingerprint density at radius 3 is 2.56 bits per heavy atom. The predicted molar refractivity (Wildman–Crippen MR) is 109 cm³/mol. The summed E-state index contributed by atoms with van der Waals surface area (Å²) in [6.45, 7) is 5.16. The molecule has 5 heteroatoms. The molecule has 1 heterocycles. The highest BCUT2D eigenvalue weighted by Crippen LogP contribution is 2.20. The van der Waals surface area contributed by atoms with Crippen LogP contribution in [0.15, 0.2) is 59.4 Å². The van der Waals surface area contributed by atoms with Gasteiger partial charge in [0.2, 0.25) is 0 Å². The molecule has 2 aromatic carbocycles. The van der Waals surface area contributed by atoms with Crippen molar-refractivity contribution < 1.29 is 4.79 Å². The first kappa shape index (κ1) is 18.7. The second kappa shape index (κ2) is 8.54.